The first kappa shape index (κ1) is 13.3. The first-order valence-electron chi connectivity index (χ1n) is 7.53. The van der Waals surface area contributed by atoms with Crippen molar-refractivity contribution in [3.8, 4) is 0 Å². The van der Waals surface area contributed by atoms with E-state index in [1.54, 1.807) is 0 Å². The average molecular weight is 239 g/mol. The van der Waals surface area contributed by atoms with Gasteiger partial charge < -0.3 is 5.32 Å². The van der Waals surface area contributed by atoms with Crippen LogP contribution in [-0.2, 0) is 0 Å². The quantitative estimate of drug-likeness (QED) is 0.785. The van der Waals surface area contributed by atoms with E-state index in [9.17, 15) is 0 Å². The summed E-state index contributed by atoms with van der Waals surface area (Å²) in [6.45, 7) is 12.1. The van der Waals surface area contributed by atoms with Gasteiger partial charge in [-0.15, -0.1) is 0 Å². The minimum absolute atomic E-state index is 0.690. The first-order valence-corrected chi connectivity index (χ1v) is 7.53. The van der Waals surface area contributed by atoms with Gasteiger partial charge in [-0.25, -0.2) is 0 Å². The van der Waals surface area contributed by atoms with Crippen molar-refractivity contribution in [2.75, 3.05) is 39.3 Å². The molecule has 2 aliphatic heterocycles. The van der Waals surface area contributed by atoms with Crippen molar-refractivity contribution in [2.45, 2.75) is 51.6 Å². The Labute approximate surface area is 107 Å². The van der Waals surface area contributed by atoms with Gasteiger partial charge in [-0.2, -0.15) is 0 Å². The molecule has 2 saturated heterocycles. The van der Waals surface area contributed by atoms with E-state index in [1.165, 1.54) is 58.4 Å². The molecule has 0 radical (unpaired) electrons. The molecule has 0 spiro atoms. The highest BCUT2D eigenvalue weighted by molar-refractivity contribution is 4.86. The van der Waals surface area contributed by atoms with Gasteiger partial charge in [0.1, 0.15) is 0 Å². The van der Waals surface area contributed by atoms with Crippen molar-refractivity contribution in [1.82, 2.24) is 15.1 Å². The summed E-state index contributed by atoms with van der Waals surface area (Å²) in [5.41, 5.74) is 0. The lowest BCUT2D eigenvalue weighted by atomic mass is 9.99. The van der Waals surface area contributed by atoms with Crippen LogP contribution in [0.25, 0.3) is 0 Å². The van der Waals surface area contributed by atoms with Crippen LogP contribution in [0.15, 0.2) is 0 Å². The summed E-state index contributed by atoms with van der Waals surface area (Å²) in [7, 11) is 0. The van der Waals surface area contributed by atoms with Crippen molar-refractivity contribution in [3.63, 3.8) is 0 Å². The molecule has 2 atom stereocenters. The number of nitrogens with zero attached hydrogens (tertiary/aromatic N) is 2. The van der Waals surface area contributed by atoms with Gasteiger partial charge >= 0.3 is 0 Å². The maximum atomic E-state index is 3.60. The zero-order valence-electron chi connectivity index (χ0n) is 11.6. The third kappa shape index (κ3) is 3.67. The van der Waals surface area contributed by atoms with Gasteiger partial charge in [0.15, 0.2) is 0 Å². The van der Waals surface area contributed by atoms with Crippen molar-refractivity contribution in [2.24, 2.45) is 0 Å². The normalized spacial score (nSPS) is 28.9. The van der Waals surface area contributed by atoms with Crippen LogP contribution in [0.2, 0.25) is 0 Å². The summed E-state index contributed by atoms with van der Waals surface area (Å²) >= 11 is 0. The maximum absolute atomic E-state index is 3.60. The second kappa shape index (κ2) is 6.72. The summed E-state index contributed by atoms with van der Waals surface area (Å²) in [6.07, 6.45) is 5.54. The predicted molar refractivity (Wildman–Crippen MR) is 73.4 cm³/mol. The second-order valence-electron chi connectivity index (χ2n) is 5.61. The van der Waals surface area contributed by atoms with Crippen molar-refractivity contribution in [3.05, 3.63) is 0 Å². The van der Waals surface area contributed by atoms with E-state index >= 15 is 0 Å². The van der Waals surface area contributed by atoms with E-state index in [4.69, 9.17) is 0 Å². The standard InChI is InChI=1S/C14H29N3/c1-3-13(15-4-2)11-16-9-10-17-8-6-5-7-14(17)12-16/h13-15H,3-12H2,1-2H3. The summed E-state index contributed by atoms with van der Waals surface area (Å²) in [5.74, 6) is 0. The Bertz CT molecular complexity index is 218. The van der Waals surface area contributed by atoms with Crippen LogP contribution in [0.5, 0.6) is 0 Å². The summed E-state index contributed by atoms with van der Waals surface area (Å²) in [4.78, 5) is 5.40. The number of rotatable bonds is 5. The third-order valence-electron chi connectivity index (χ3n) is 4.39. The number of nitrogens with one attached hydrogen (secondary N) is 1. The largest absolute Gasteiger partial charge is 0.313 e. The molecule has 0 aromatic rings. The van der Waals surface area contributed by atoms with Crippen molar-refractivity contribution < 1.29 is 0 Å². The lowest BCUT2D eigenvalue weighted by molar-refractivity contribution is 0.0447. The minimum Gasteiger partial charge on any atom is -0.313 e. The molecule has 3 heteroatoms. The van der Waals surface area contributed by atoms with Crippen LogP contribution in [0.3, 0.4) is 0 Å². The molecule has 2 unspecified atom stereocenters. The molecule has 2 aliphatic rings. The van der Waals surface area contributed by atoms with E-state index in [1.807, 2.05) is 0 Å². The van der Waals surface area contributed by atoms with E-state index in [2.05, 4.69) is 29.0 Å². The van der Waals surface area contributed by atoms with Gasteiger partial charge in [0.05, 0.1) is 0 Å². The van der Waals surface area contributed by atoms with Crippen LogP contribution >= 0.6 is 0 Å². The van der Waals surface area contributed by atoms with Crippen LogP contribution in [0, 0.1) is 0 Å². The maximum Gasteiger partial charge on any atom is 0.0223 e. The Kier molecular flexibility index (Phi) is 5.26. The Balaban J connectivity index is 1.78. The highest BCUT2D eigenvalue weighted by Crippen LogP contribution is 2.21. The topological polar surface area (TPSA) is 18.5 Å². The van der Waals surface area contributed by atoms with Crippen molar-refractivity contribution >= 4 is 0 Å². The summed E-state index contributed by atoms with van der Waals surface area (Å²) < 4.78 is 0. The molecular formula is C14H29N3. The zero-order chi connectivity index (χ0) is 12.1. The molecule has 100 valence electrons. The Hall–Kier alpha value is -0.120. The second-order valence-corrected chi connectivity index (χ2v) is 5.61. The number of hydrogen-bond acceptors (Lipinski definition) is 3. The predicted octanol–water partition coefficient (Wildman–Crippen LogP) is 1.54. The van der Waals surface area contributed by atoms with Crippen LogP contribution in [0.4, 0.5) is 0 Å². The first-order chi connectivity index (χ1) is 8.33. The molecule has 17 heavy (non-hydrogen) atoms. The lowest BCUT2D eigenvalue weighted by Crippen LogP contribution is -2.56. The molecule has 2 rings (SSSR count). The Morgan fingerprint density at radius 1 is 1.18 bits per heavy atom. The lowest BCUT2D eigenvalue weighted by Gasteiger charge is -2.44. The molecule has 0 saturated carbocycles. The number of piperidine rings is 1. The smallest absolute Gasteiger partial charge is 0.0223 e. The molecule has 0 amide bonds. The zero-order valence-corrected chi connectivity index (χ0v) is 11.6. The third-order valence-corrected chi connectivity index (χ3v) is 4.39. The van der Waals surface area contributed by atoms with Crippen LogP contribution in [0.1, 0.15) is 39.5 Å². The van der Waals surface area contributed by atoms with Gasteiger partial charge in [-0.1, -0.05) is 20.3 Å². The molecule has 0 aliphatic carbocycles. The van der Waals surface area contributed by atoms with E-state index in [0.717, 1.165) is 12.6 Å². The van der Waals surface area contributed by atoms with E-state index in [0.29, 0.717) is 6.04 Å². The van der Waals surface area contributed by atoms with Crippen molar-refractivity contribution in [1.29, 1.82) is 0 Å². The Morgan fingerprint density at radius 3 is 2.82 bits per heavy atom. The van der Waals surface area contributed by atoms with Gasteiger partial charge in [0, 0.05) is 38.3 Å². The highest BCUT2D eigenvalue weighted by Gasteiger charge is 2.29. The fourth-order valence-electron chi connectivity index (χ4n) is 3.32. The summed E-state index contributed by atoms with van der Waals surface area (Å²) in [5, 5.41) is 3.60. The fourth-order valence-corrected chi connectivity index (χ4v) is 3.32. The summed E-state index contributed by atoms with van der Waals surface area (Å²) in [6, 6.07) is 1.55. The molecule has 0 aromatic heterocycles. The van der Waals surface area contributed by atoms with Crippen LogP contribution < -0.4 is 5.32 Å². The van der Waals surface area contributed by atoms with Crippen LogP contribution in [-0.4, -0.2) is 61.2 Å². The van der Waals surface area contributed by atoms with Gasteiger partial charge in [0.2, 0.25) is 0 Å². The number of hydrogen-bond donors (Lipinski definition) is 1. The van der Waals surface area contributed by atoms with Gasteiger partial charge in [-0.05, 0) is 32.4 Å². The number of likely N-dealkylation sites (N-methyl/N-ethyl adjacent to an activating group) is 1. The molecule has 2 fully saturated rings. The minimum atomic E-state index is 0.690. The average Bonchev–Trinajstić information content (AvgIpc) is 2.38. The van der Waals surface area contributed by atoms with E-state index < -0.39 is 0 Å². The SMILES string of the molecule is CCNC(CC)CN1CCN2CCCCC2C1. The monoisotopic (exact) mass is 239 g/mol. The molecule has 3 nitrogen and oxygen atoms in total. The number of piperazine rings is 1. The molecule has 0 bridgehead atoms. The molecular weight excluding hydrogens is 210 g/mol. The molecule has 1 N–H and O–H groups in total. The number of fused-ring (bicyclic) bond motifs is 1. The Morgan fingerprint density at radius 2 is 2.06 bits per heavy atom. The highest BCUT2D eigenvalue weighted by atomic mass is 15.3. The van der Waals surface area contributed by atoms with E-state index in [-0.39, 0.29) is 0 Å². The molecule has 0 aromatic carbocycles. The van der Waals surface area contributed by atoms with Gasteiger partial charge in [-0.3, -0.25) is 9.80 Å². The molecule has 2 heterocycles. The fraction of sp³-hybridized carbons (Fsp3) is 1.00. The van der Waals surface area contributed by atoms with Gasteiger partial charge in [0.25, 0.3) is 0 Å².